The molecule has 1 saturated heterocycles. The van der Waals surface area contributed by atoms with Crippen LogP contribution in [-0.4, -0.2) is 32.3 Å². The number of likely N-dealkylation sites (tertiary alicyclic amines) is 1. The van der Waals surface area contributed by atoms with Gasteiger partial charge in [-0.15, -0.1) is 11.3 Å². The SMILES string of the molecule is Cc1ncc(CN2CCCC[C@H]2c2nc(C)c3c(n2)N(Cc2ccccc2)C(=O)CC3)s1. The lowest BCUT2D eigenvalue weighted by molar-refractivity contribution is -0.119. The van der Waals surface area contributed by atoms with Crippen molar-refractivity contribution in [1.29, 1.82) is 0 Å². The van der Waals surface area contributed by atoms with E-state index in [0.717, 1.165) is 59.4 Å². The van der Waals surface area contributed by atoms with Crippen molar-refractivity contribution in [2.75, 3.05) is 11.4 Å². The molecule has 0 spiro atoms. The highest BCUT2D eigenvalue weighted by molar-refractivity contribution is 7.11. The van der Waals surface area contributed by atoms with Crippen molar-refractivity contribution in [3.05, 3.63) is 69.1 Å². The van der Waals surface area contributed by atoms with Gasteiger partial charge in [0.2, 0.25) is 5.91 Å². The Hall–Kier alpha value is -2.64. The molecule has 1 atom stereocenters. The van der Waals surface area contributed by atoms with Gasteiger partial charge in [-0.1, -0.05) is 36.8 Å². The minimum Gasteiger partial charge on any atom is -0.292 e. The van der Waals surface area contributed by atoms with E-state index in [1.807, 2.05) is 29.3 Å². The summed E-state index contributed by atoms with van der Waals surface area (Å²) in [5.74, 6) is 1.81. The molecule has 1 fully saturated rings. The van der Waals surface area contributed by atoms with Crippen LogP contribution in [0.15, 0.2) is 36.5 Å². The molecule has 2 aliphatic heterocycles. The molecular formula is C25H29N5OS. The lowest BCUT2D eigenvalue weighted by Gasteiger charge is -2.36. The molecule has 32 heavy (non-hydrogen) atoms. The highest BCUT2D eigenvalue weighted by Gasteiger charge is 2.32. The molecule has 0 bridgehead atoms. The van der Waals surface area contributed by atoms with E-state index in [2.05, 4.69) is 35.9 Å². The first-order chi connectivity index (χ1) is 15.6. The summed E-state index contributed by atoms with van der Waals surface area (Å²) in [6.45, 7) is 6.59. The monoisotopic (exact) mass is 447 g/mol. The smallest absolute Gasteiger partial charge is 0.228 e. The molecule has 2 aromatic heterocycles. The standard InChI is InChI=1S/C25H29N5OS/c1-17-21-11-12-23(31)30(15-19-8-4-3-5-9-19)25(21)28-24(27-17)22-10-6-7-13-29(22)16-20-14-26-18(2)32-20/h3-5,8-9,14,22H,6-7,10-13,15-16H2,1-2H3/t22-/m0/s1. The van der Waals surface area contributed by atoms with Crippen molar-refractivity contribution in [2.24, 2.45) is 0 Å². The lowest BCUT2D eigenvalue weighted by atomic mass is 9.99. The first kappa shape index (κ1) is 21.2. The summed E-state index contributed by atoms with van der Waals surface area (Å²) < 4.78 is 0. The summed E-state index contributed by atoms with van der Waals surface area (Å²) >= 11 is 1.76. The summed E-state index contributed by atoms with van der Waals surface area (Å²) in [5.41, 5.74) is 3.24. The van der Waals surface area contributed by atoms with Crippen LogP contribution in [-0.2, 0) is 24.3 Å². The fraction of sp³-hybridized carbons (Fsp3) is 0.440. The third-order valence-corrected chi connectivity index (χ3v) is 7.38. The van der Waals surface area contributed by atoms with E-state index in [0.29, 0.717) is 13.0 Å². The van der Waals surface area contributed by atoms with Gasteiger partial charge < -0.3 is 0 Å². The maximum Gasteiger partial charge on any atom is 0.228 e. The van der Waals surface area contributed by atoms with Gasteiger partial charge in [-0.3, -0.25) is 14.6 Å². The van der Waals surface area contributed by atoms with Crippen molar-refractivity contribution < 1.29 is 4.79 Å². The molecule has 0 saturated carbocycles. The summed E-state index contributed by atoms with van der Waals surface area (Å²) in [6.07, 6.45) is 6.64. The van der Waals surface area contributed by atoms with E-state index in [9.17, 15) is 4.79 Å². The molecule has 0 N–H and O–H groups in total. The molecule has 166 valence electrons. The van der Waals surface area contributed by atoms with Crippen molar-refractivity contribution >= 4 is 23.1 Å². The van der Waals surface area contributed by atoms with E-state index >= 15 is 0 Å². The molecule has 0 aliphatic carbocycles. The van der Waals surface area contributed by atoms with Crippen LogP contribution in [0.5, 0.6) is 0 Å². The maximum absolute atomic E-state index is 12.9. The zero-order valence-electron chi connectivity index (χ0n) is 18.8. The van der Waals surface area contributed by atoms with E-state index in [1.54, 1.807) is 11.3 Å². The van der Waals surface area contributed by atoms with Gasteiger partial charge in [0.05, 0.1) is 17.6 Å². The summed E-state index contributed by atoms with van der Waals surface area (Å²) in [7, 11) is 0. The number of hydrogen-bond donors (Lipinski definition) is 0. The average molecular weight is 448 g/mol. The quantitative estimate of drug-likeness (QED) is 0.564. The van der Waals surface area contributed by atoms with Gasteiger partial charge in [-0.2, -0.15) is 0 Å². The van der Waals surface area contributed by atoms with Crippen molar-refractivity contribution in [2.45, 2.75) is 65.1 Å². The predicted molar refractivity (Wildman–Crippen MR) is 127 cm³/mol. The number of carbonyl (C=O) groups excluding carboxylic acids is 1. The van der Waals surface area contributed by atoms with Crippen LogP contribution in [0.4, 0.5) is 5.82 Å². The first-order valence-corrected chi connectivity index (χ1v) is 12.3. The van der Waals surface area contributed by atoms with Crippen molar-refractivity contribution in [3.63, 3.8) is 0 Å². The highest BCUT2D eigenvalue weighted by atomic mass is 32.1. The molecule has 4 heterocycles. The third kappa shape index (κ3) is 4.32. The molecule has 1 aromatic carbocycles. The Morgan fingerprint density at radius 1 is 1.06 bits per heavy atom. The number of rotatable bonds is 5. The minimum atomic E-state index is 0.144. The summed E-state index contributed by atoms with van der Waals surface area (Å²) in [6, 6.07) is 10.3. The molecule has 3 aromatic rings. The van der Waals surface area contributed by atoms with E-state index in [1.165, 1.54) is 17.7 Å². The number of piperidine rings is 1. The summed E-state index contributed by atoms with van der Waals surface area (Å²) in [5, 5.41) is 1.10. The van der Waals surface area contributed by atoms with Crippen LogP contribution >= 0.6 is 11.3 Å². The van der Waals surface area contributed by atoms with E-state index in [-0.39, 0.29) is 11.9 Å². The topological polar surface area (TPSA) is 62.2 Å². The van der Waals surface area contributed by atoms with Gasteiger partial charge >= 0.3 is 0 Å². The van der Waals surface area contributed by atoms with Gasteiger partial charge in [-0.05, 0) is 45.2 Å². The first-order valence-electron chi connectivity index (χ1n) is 11.5. The number of anilines is 1. The maximum atomic E-state index is 12.9. The Morgan fingerprint density at radius 2 is 1.91 bits per heavy atom. The zero-order chi connectivity index (χ0) is 22.1. The highest BCUT2D eigenvalue weighted by Crippen LogP contribution is 2.35. The number of fused-ring (bicyclic) bond motifs is 1. The van der Waals surface area contributed by atoms with E-state index in [4.69, 9.17) is 9.97 Å². The van der Waals surface area contributed by atoms with Gasteiger partial charge in [0, 0.05) is 35.3 Å². The number of benzene rings is 1. The van der Waals surface area contributed by atoms with Crippen LogP contribution in [0.1, 0.15) is 64.3 Å². The predicted octanol–water partition coefficient (Wildman–Crippen LogP) is 4.76. The van der Waals surface area contributed by atoms with Crippen molar-refractivity contribution in [3.8, 4) is 0 Å². The average Bonchev–Trinajstić information content (AvgIpc) is 3.21. The molecule has 5 rings (SSSR count). The molecule has 6 nitrogen and oxygen atoms in total. The normalized spacial score (nSPS) is 19.2. The number of aryl methyl sites for hydroxylation is 2. The lowest BCUT2D eigenvalue weighted by Crippen LogP contribution is -2.38. The molecule has 0 unspecified atom stereocenters. The van der Waals surface area contributed by atoms with E-state index < -0.39 is 0 Å². The number of hydrogen-bond acceptors (Lipinski definition) is 6. The number of thiazole rings is 1. The largest absolute Gasteiger partial charge is 0.292 e. The molecular weight excluding hydrogens is 418 g/mol. The van der Waals surface area contributed by atoms with Crippen LogP contribution in [0.2, 0.25) is 0 Å². The summed E-state index contributed by atoms with van der Waals surface area (Å²) in [4.78, 5) is 33.0. The number of nitrogens with zero attached hydrogens (tertiary/aromatic N) is 5. The molecule has 1 amide bonds. The van der Waals surface area contributed by atoms with Crippen LogP contribution in [0.3, 0.4) is 0 Å². The number of amides is 1. The van der Waals surface area contributed by atoms with Crippen LogP contribution in [0, 0.1) is 13.8 Å². The van der Waals surface area contributed by atoms with Crippen LogP contribution < -0.4 is 4.90 Å². The van der Waals surface area contributed by atoms with Gasteiger partial charge in [-0.25, -0.2) is 15.0 Å². The fourth-order valence-corrected chi connectivity index (χ4v) is 5.65. The second-order valence-electron chi connectivity index (χ2n) is 8.76. The Labute approximate surface area is 193 Å². The van der Waals surface area contributed by atoms with Gasteiger partial charge in [0.15, 0.2) is 0 Å². The number of aromatic nitrogens is 3. The zero-order valence-corrected chi connectivity index (χ0v) is 19.6. The Kier molecular flexibility index (Phi) is 6.02. The third-order valence-electron chi connectivity index (χ3n) is 6.48. The Bertz CT molecular complexity index is 1110. The van der Waals surface area contributed by atoms with Gasteiger partial charge in [0.1, 0.15) is 11.6 Å². The second kappa shape index (κ2) is 9.08. The van der Waals surface area contributed by atoms with Crippen molar-refractivity contribution in [1.82, 2.24) is 19.9 Å². The molecule has 2 aliphatic rings. The Balaban J connectivity index is 1.48. The number of carbonyl (C=O) groups is 1. The molecule has 7 heteroatoms. The minimum absolute atomic E-state index is 0.144. The fourth-order valence-electron chi connectivity index (χ4n) is 4.83. The van der Waals surface area contributed by atoms with Crippen LogP contribution in [0.25, 0.3) is 0 Å². The Morgan fingerprint density at radius 3 is 2.69 bits per heavy atom. The second-order valence-corrected chi connectivity index (χ2v) is 10.1. The van der Waals surface area contributed by atoms with Gasteiger partial charge in [0.25, 0.3) is 0 Å². The molecule has 0 radical (unpaired) electrons.